The highest BCUT2D eigenvalue weighted by atomic mass is 32.2. The van der Waals surface area contributed by atoms with Crippen LogP contribution in [-0.2, 0) is 10.0 Å². The van der Waals surface area contributed by atoms with Gasteiger partial charge in [-0.15, -0.1) is 6.58 Å². The number of sulfonamides is 1. The summed E-state index contributed by atoms with van der Waals surface area (Å²) >= 11 is 0. The molecule has 0 rings (SSSR count). The van der Waals surface area contributed by atoms with Crippen molar-refractivity contribution < 1.29 is 8.42 Å². The van der Waals surface area contributed by atoms with E-state index in [9.17, 15) is 8.42 Å². The van der Waals surface area contributed by atoms with E-state index in [-0.39, 0.29) is 0 Å². The zero-order valence-corrected chi connectivity index (χ0v) is 7.60. The van der Waals surface area contributed by atoms with Gasteiger partial charge in [0.1, 0.15) is 0 Å². The number of primary sulfonamides is 1. The van der Waals surface area contributed by atoms with E-state index in [2.05, 4.69) is 6.58 Å². The van der Waals surface area contributed by atoms with Crippen LogP contribution in [0.4, 0.5) is 0 Å². The summed E-state index contributed by atoms with van der Waals surface area (Å²) in [6, 6.07) is 0. The molecule has 66 valence electrons. The van der Waals surface area contributed by atoms with E-state index in [4.69, 9.17) is 5.14 Å². The summed E-state index contributed by atoms with van der Waals surface area (Å²) < 4.78 is 21.5. The first kappa shape index (κ1) is 10.7. The minimum absolute atomic E-state index is 0.567. The molecular formula is C7H15NO2S. The van der Waals surface area contributed by atoms with Gasteiger partial charge in [-0.2, -0.15) is 0 Å². The second-order valence-electron chi connectivity index (χ2n) is 2.51. The maximum absolute atomic E-state index is 10.8. The molecule has 0 bridgehead atoms. The van der Waals surface area contributed by atoms with Gasteiger partial charge in [0.15, 0.2) is 0 Å². The Morgan fingerprint density at radius 1 is 1.64 bits per heavy atom. The second-order valence-corrected chi connectivity index (χ2v) is 4.29. The topological polar surface area (TPSA) is 60.2 Å². The highest BCUT2D eigenvalue weighted by Gasteiger charge is 2.15. The Hall–Kier alpha value is -0.350. The largest absolute Gasteiger partial charge is 0.228 e. The predicted molar refractivity (Wildman–Crippen MR) is 46.6 cm³/mol. The molecule has 0 aliphatic rings. The Bertz CT molecular complexity index is 208. The van der Waals surface area contributed by atoms with Crippen molar-refractivity contribution in [1.29, 1.82) is 0 Å². The lowest BCUT2D eigenvalue weighted by Crippen LogP contribution is -2.26. The van der Waals surface area contributed by atoms with E-state index in [1.54, 1.807) is 0 Å². The molecule has 1 atom stereocenters. The van der Waals surface area contributed by atoms with E-state index in [1.165, 1.54) is 6.08 Å². The highest BCUT2D eigenvalue weighted by molar-refractivity contribution is 7.89. The molecule has 0 aromatic heterocycles. The predicted octanol–water partition coefficient (Wildman–Crippen LogP) is 1.02. The fraction of sp³-hybridized carbons (Fsp3) is 0.714. The summed E-state index contributed by atoms with van der Waals surface area (Å²) in [5, 5.41) is 4.36. The smallest absolute Gasteiger partial charge is 0.215 e. The lowest BCUT2D eigenvalue weighted by atomic mass is 10.2. The van der Waals surface area contributed by atoms with E-state index < -0.39 is 15.3 Å². The highest BCUT2D eigenvalue weighted by Crippen LogP contribution is 2.07. The first-order chi connectivity index (χ1) is 5.02. The Labute approximate surface area is 68.3 Å². The average molecular weight is 177 g/mol. The van der Waals surface area contributed by atoms with E-state index in [1.807, 2.05) is 6.92 Å². The van der Waals surface area contributed by atoms with E-state index in [0.717, 1.165) is 12.8 Å². The molecule has 0 amide bonds. The molecule has 0 heterocycles. The van der Waals surface area contributed by atoms with Crippen molar-refractivity contribution in [3.63, 3.8) is 0 Å². The Morgan fingerprint density at radius 2 is 2.18 bits per heavy atom. The molecule has 11 heavy (non-hydrogen) atoms. The molecule has 0 saturated carbocycles. The SMILES string of the molecule is C=CC(CCCC)S(N)(=O)=O. The normalized spacial score (nSPS) is 14.4. The van der Waals surface area contributed by atoms with Crippen LogP contribution in [0.5, 0.6) is 0 Å². The van der Waals surface area contributed by atoms with Gasteiger partial charge in [-0.1, -0.05) is 25.8 Å². The molecular weight excluding hydrogens is 162 g/mol. The lowest BCUT2D eigenvalue weighted by Gasteiger charge is -2.07. The van der Waals surface area contributed by atoms with Gasteiger partial charge >= 0.3 is 0 Å². The third-order valence-corrected chi connectivity index (χ3v) is 2.80. The lowest BCUT2D eigenvalue weighted by molar-refractivity contribution is 0.581. The molecule has 1 unspecified atom stereocenters. The van der Waals surface area contributed by atoms with Gasteiger partial charge in [0, 0.05) is 0 Å². The van der Waals surface area contributed by atoms with Crippen LogP contribution in [0, 0.1) is 0 Å². The minimum Gasteiger partial charge on any atom is -0.228 e. The van der Waals surface area contributed by atoms with Crippen molar-refractivity contribution in [2.24, 2.45) is 5.14 Å². The first-order valence-corrected chi connectivity index (χ1v) is 5.27. The molecule has 0 spiro atoms. The molecule has 0 saturated heterocycles. The number of nitrogens with two attached hydrogens (primary N) is 1. The number of hydrogen-bond donors (Lipinski definition) is 1. The van der Waals surface area contributed by atoms with Gasteiger partial charge in [-0.3, -0.25) is 0 Å². The first-order valence-electron chi connectivity index (χ1n) is 3.66. The zero-order valence-electron chi connectivity index (χ0n) is 6.79. The maximum atomic E-state index is 10.8. The second kappa shape index (κ2) is 4.51. The van der Waals surface area contributed by atoms with Gasteiger partial charge in [0.25, 0.3) is 0 Å². The standard InChI is InChI=1S/C7H15NO2S/c1-3-5-6-7(4-2)11(8,9)10/h4,7H,2-3,5-6H2,1H3,(H2,8,9,10). The van der Waals surface area contributed by atoms with Gasteiger partial charge in [0.2, 0.25) is 10.0 Å². The van der Waals surface area contributed by atoms with Crippen LogP contribution in [0.2, 0.25) is 0 Å². The van der Waals surface area contributed by atoms with Crippen LogP contribution in [0.15, 0.2) is 12.7 Å². The van der Waals surface area contributed by atoms with Crippen LogP contribution >= 0.6 is 0 Å². The van der Waals surface area contributed by atoms with Gasteiger partial charge in [-0.25, -0.2) is 13.6 Å². The molecule has 0 radical (unpaired) electrons. The number of rotatable bonds is 5. The Morgan fingerprint density at radius 3 is 2.45 bits per heavy atom. The molecule has 0 aromatic carbocycles. The van der Waals surface area contributed by atoms with Crippen molar-refractivity contribution in [2.45, 2.75) is 31.4 Å². The number of unbranched alkanes of at least 4 members (excludes halogenated alkanes) is 1. The molecule has 0 aliphatic carbocycles. The van der Waals surface area contributed by atoms with Crippen LogP contribution in [-0.4, -0.2) is 13.7 Å². The summed E-state index contributed by atoms with van der Waals surface area (Å²) in [7, 11) is -3.41. The monoisotopic (exact) mass is 177 g/mol. The summed E-state index contributed by atoms with van der Waals surface area (Å²) in [5.74, 6) is 0. The molecule has 3 nitrogen and oxygen atoms in total. The quantitative estimate of drug-likeness (QED) is 0.637. The van der Waals surface area contributed by atoms with Crippen molar-refractivity contribution in [3.05, 3.63) is 12.7 Å². The molecule has 0 aliphatic heterocycles. The summed E-state index contributed by atoms with van der Waals surface area (Å²) in [5.41, 5.74) is 0. The van der Waals surface area contributed by atoms with Gasteiger partial charge in [-0.05, 0) is 6.42 Å². The van der Waals surface area contributed by atoms with Crippen molar-refractivity contribution in [2.75, 3.05) is 0 Å². The third kappa shape index (κ3) is 4.16. The molecule has 2 N–H and O–H groups in total. The minimum atomic E-state index is -3.41. The molecule has 0 fully saturated rings. The average Bonchev–Trinajstić information content (AvgIpc) is 1.87. The van der Waals surface area contributed by atoms with Crippen LogP contribution in [0.1, 0.15) is 26.2 Å². The van der Waals surface area contributed by atoms with Crippen LogP contribution < -0.4 is 5.14 Å². The van der Waals surface area contributed by atoms with Gasteiger partial charge < -0.3 is 0 Å². The Kier molecular flexibility index (Phi) is 4.37. The van der Waals surface area contributed by atoms with Crippen molar-refractivity contribution in [3.8, 4) is 0 Å². The number of hydrogen-bond acceptors (Lipinski definition) is 2. The van der Waals surface area contributed by atoms with E-state index >= 15 is 0 Å². The fourth-order valence-corrected chi connectivity index (χ4v) is 1.58. The summed E-state index contributed by atoms with van der Waals surface area (Å²) in [6.45, 7) is 5.42. The van der Waals surface area contributed by atoms with Crippen molar-refractivity contribution in [1.82, 2.24) is 0 Å². The molecule has 0 aromatic rings. The maximum Gasteiger partial charge on any atom is 0.215 e. The van der Waals surface area contributed by atoms with Gasteiger partial charge in [0.05, 0.1) is 5.25 Å². The molecule has 4 heteroatoms. The summed E-state index contributed by atoms with van der Waals surface area (Å²) in [6.07, 6.45) is 3.82. The van der Waals surface area contributed by atoms with E-state index in [0.29, 0.717) is 6.42 Å². The fourth-order valence-electron chi connectivity index (χ4n) is 0.822. The Balaban J connectivity index is 4.08. The summed E-state index contributed by atoms with van der Waals surface area (Å²) in [4.78, 5) is 0. The zero-order chi connectivity index (χ0) is 8.91. The van der Waals surface area contributed by atoms with Crippen LogP contribution in [0.3, 0.4) is 0 Å². The van der Waals surface area contributed by atoms with Crippen molar-refractivity contribution >= 4 is 10.0 Å². The van der Waals surface area contributed by atoms with Crippen LogP contribution in [0.25, 0.3) is 0 Å². The third-order valence-electron chi connectivity index (χ3n) is 1.53.